The normalized spacial score (nSPS) is 10.6. The van der Waals surface area contributed by atoms with Gasteiger partial charge in [-0.05, 0) is 48.5 Å². The van der Waals surface area contributed by atoms with Crippen LogP contribution < -0.4 is 10.2 Å². The first kappa shape index (κ1) is 18.3. The van der Waals surface area contributed by atoms with Gasteiger partial charge in [0.15, 0.2) is 0 Å². The molecular formula is C20H14ClN3O3. The van der Waals surface area contributed by atoms with Crippen molar-refractivity contribution in [1.29, 1.82) is 0 Å². The molecule has 0 saturated carbocycles. The van der Waals surface area contributed by atoms with Crippen LogP contribution >= 0.6 is 11.6 Å². The molecule has 0 atom stereocenters. The Bertz CT molecular complexity index is 973. The molecule has 3 aromatic rings. The minimum Gasteiger partial charge on any atom is -0.422 e. The number of esters is 1. The van der Waals surface area contributed by atoms with Gasteiger partial charge in [-0.3, -0.25) is 9.78 Å². The van der Waals surface area contributed by atoms with Gasteiger partial charge in [-0.25, -0.2) is 10.2 Å². The average molecular weight is 380 g/mol. The number of halogens is 1. The summed E-state index contributed by atoms with van der Waals surface area (Å²) >= 11 is 5.82. The van der Waals surface area contributed by atoms with Crippen molar-refractivity contribution >= 4 is 29.7 Å². The Morgan fingerprint density at radius 2 is 1.67 bits per heavy atom. The monoisotopic (exact) mass is 379 g/mol. The van der Waals surface area contributed by atoms with Crippen LogP contribution in [0.2, 0.25) is 5.02 Å². The van der Waals surface area contributed by atoms with E-state index in [0.717, 1.165) is 0 Å². The van der Waals surface area contributed by atoms with E-state index in [0.29, 0.717) is 27.5 Å². The van der Waals surface area contributed by atoms with E-state index in [1.807, 2.05) is 0 Å². The van der Waals surface area contributed by atoms with Crippen molar-refractivity contribution in [2.24, 2.45) is 5.10 Å². The van der Waals surface area contributed by atoms with Gasteiger partial charge in [0, 0.05) is 28.5 Å². The third kappa shape index (κ3) is 4.99. The van der Waals surface area contributed by atoms with Crippen LogP contribution in [-0.4, -0.2) is 23.1 Å². The molecule has 0 aliphatic rings. The molecule has 0 fully saturated rings. The summed E-state index contributed by atoms with van der Waals surface area (Å²) in [5.41, 5.74) is 3.76. The Balaban J connectivity index is 1.69. The largest absolute Gasteiger partial charge is 0.422 e. The highest BCUT2D eigenvalue weighted by Crippen LogP contribution is 2.18. The molecule has 0 aliphatic heterocycles. The van der Waals surface area contributed by atoms with Gasteiger partial charge in [0.1, 0.15) is 5.75 Å². The van der Waals surface area contributed by atoms with Gasteiger partial charge >= 0.3 is 5.97 Å². The Morgan fingerprint density at radius 1 is 0.963 bits per heavy atom. The number of aromatic nitrogens is 1. The summed E-state index contributed by atoms with van der Waals surface area (Å²) in [6.45, 7) is 0. The second kappa shape index (κ2) is 8.73. The van der Waals surface area contributed by atoms with Crippen molar-refractivity contribution in [2.75, 3.05) is 0 Å². The zero-order valence-electron chi connectivity index (χ0n) is 14.0. The maximum Gasteiger partial charge on any atom is 0.343 e. The number of ether oxygens (including phenoxy) is 1. The quantitative estimate of drug-likeness (QED) is 0.317. The number of nitrogens with one attached hydrogen (secondary N) is 1. The van der Waals surface area contributed by atoms with Gasteiger partial charge in [-0.2, -0.15) is 5.10 Å². The van der Waals surface area contributed by atoms with E-state index in [1.165, 1.54) is 18.6 Å². The van der Waals surface area contributed by atoms with E-state index in [4.69, 9.17) is 16.3 Å². The predicted molar refractivity (Wildman–Crippen MR) is 102 cm³/mol. The number of benzene rings is 2. The van der Waals surface area contributed by atoms with Crippen molar-refractivity contribution in [1.82, 2.24) is 10.4 Å². The lowest BCUT2D eigenvalue weighted by Crippen LogP contribution is -2.17. The second-order valence-corrected chi connectivity index (χ2v) is 5.81. The molecule has 0 unspecified atom stereocenters. The molecule has 6 nitrogen and oxygen atoms in total. The SMILES string of the molecule is O=C(NN=Cc1ccccc1OC(=O)c1ccc(Cl)cc1)c1ccncc1. The summed E-state index contributed by atoms with van der Waals surface area (Å²) in [4.78, 5) is 28.1. The molecular weight excluding hydrogens is 366 g/mol. The van der Waals surface area contributed by atoms with E-state index < -0.39 is 5.97 Å². The van der Waals surface area contributed by atoms with Crippen molar-refractivity contribution in [3.8, 4) is 5.75 Å². The highest BCUT2D eigenvalue weighted by atomic mass is 35.5. The molecule has 1 heterocycles. The molecule has 2 aromatic carbocycles. The lowest BCUT2D eigenvalue weighted by Gasteiger charge is -2.07. The Labute approximate surface area is 160 Å². The van der Waals surface area contributed by atoms with Crippen LogP contribution in [0, 0.1) is 0 Å². The Morgan fingerprint density at radius 3 is 2.41 bits per heavy atom. The lowest BCUT2D eigenvalue weighted by atomic mass is 10.2. The number of nitrogens with zero attached hydrogens (tertiary/aromatic N) is 2. The number of rotatable bonds is 5. The first-order valence-corrected chi connectivity index (χ1v) is 8.31. The van der Waals surface area contributed by atoms with Crippen molar-refractivity contribution in [2.45, 2.75) is 0 Å². The number of carbonyl (C=O) groups excluding carboxylic acids is 2. The van der Waals surface area contributed by atoms with Crippen LogP contribution in [-0.2, 0) is 0 Å². The van der Waals surface area contributed by atoms with Crippen LogP contribution in [0.5, 0.6) is 5.75 Å². The highest BCUT2D eigenvalue weighted by Gasteiger charge is 2.11. The zero-order chi connectivity index (χ0) is 19.1. The van der Waals surface area contributed by atoms with E-state index in [-0.39, 0.29) is 5.91 Å². The van der Waals surface area contributed by atoms with Crippen LogP contribution in [0.1, 0.15) is 26.3 Å². The molecule has 1 N–H and O–H groups in total. The molecule has 0 aliphatic carbocycles. The van der Waals surface area contributed by atoms with Gasteiger partial charge in [0.25, 0.3) is 5.91 Å². The summed E-state index contributed by atoms with van der Waals surface area (Å²) < 4.78 is 5.42. The van der Waals surface area contributed by atoms with Crippen LogP contribution in [0.25, 0.3) is 0 Å². The Hall–Kier alpha value is -3.51. The molecule has 7 heteroatoms. The summed E-state index contributed by atoms with van der Waals surface area (Å²) in [5.74, 6) is -0.572. The fourth-order valence-electron chi connectivity index (χ4n) is 2.15. The van der Waals surface area contributed by atoms with E-state index in [2.05, 4.69) is 15.5 Å². The minimum absolute atomic E-state index is 0.319. The fourth-order valence-corrected chi connectivity index (χ4v) is 2.28. The maximum absolute atomic E-state index is 12.3. The molecule has 1 aromatic heterocycles. The summed E-state index contributed by atoms with van der Waals surface area (Å²) in [6.07, 6.45) is 4.44. The number of hydrogen-bond acceptors (Lipinski definition) is 5. The second-order valence-electron chi connectivity index (χ2n) is 5.37. The molecule has 134 valence electrons. The van der Waals surface area contributed by atoms with E-state index in [9.17, 15) is 9.59 Å². The maximum atomic E-state index is 12.3. The number of amides is 1. The number of carbonyl (C=O) groups is 2. The molecule has 1 amide bonds. The van der Waals surface area contributed by atoms with Gasteiger partial charge < -0.3 is 4.74 Å². The molecule has 0 bridgehead atoms. The van der Waals surface area contributed by atoms with Crippen molar-refractivity contribution in [3.05, 3.63) is 94.8 Å². The minimum atomic E-state index is -0.520. The molecule has 0 saturated heterocycles. The third-order valence-corrected chi connectivity index (χ3v) is 3.77. The topological polar surface area (TPSA) is 80.6 Å². The van der Waals surface area contributed by atoms with Gasteiger partial charge in [-0.1, -0.05) is 23.7 Å². The summed E-state index contributed by atoms with van der Waals surface area (Å²) in [6, 6.07) is 16.4. The van der Waals surface area contributed by atoms with Crippen LogP contribution in [0.4, 0.5) is 0 Å². The smallest absolute Gasteiger partial charge is 0.343 e. The zero-order valence-corrected chi connectivity index (χ0v) is 14.8. The van der Waals surface area contributed by atoms with Crippen molar-refractivity contribution < 1.29 is 14.3 Å². The first-order valence-electron chi connectivity index (χ1n) is 7.94. The Kier molecular flexibility index (Phi) is 5.91. The number of hydrogen-bond donors (Lipinski definition) is 1. The van der Waals surface area contributed by atoms with Crippen LogP contribution in [0.15, 0.2) is 78.2 Å². The van der Waals surface area contributed by atoms with Crippen molar-refractivity contribution in [3.63, 3.8) is 0 Å². The van der Waals surface area contributed by atoms with Gasteiger partial charge in [0.05, 0.1) is 11.8 Å². The lowest BCUT2D eigenvalue weighted by molar-refractivity contribution is 0.0734. The number of pyridine rings is 1. The van der Waals surface area contributed by atoms with Gasteiger partial charge in [0.2, 0.25) is 0 Å². The molecule has 3 rings (SSSR count). The van der Waals surface area contributed by atoms with E-state index >= 15 is 0 Å². The third-order valence-electron chi connectivity index (χ3n) is 3.51. The van der Waals surface area contributed by atoms with Gasteiger partial charge in [-0.15, -0.1) is 0 Å². The number of hydrazone groups is 1. The average Bonchev–Trinajstić information content (AvgIpc) is 2.70. The predicted octanol–water partition coefficient (Wildman–Crippen LogP) is 3.72. The number of para-hydroxylation sites is 1. The molecule has 0 radical (unpaired) electrons. The fraction of sp³-hybridized carbons (Fsp3) is 0. The van der Waals surface area contributed by atoms with Crippen LogP contribution in [0.3, 0.4) is 0 Å². The standard InChI is InChI=1S/C20H14ClN3O3/c21-17-7-5-15(6-8-17)20(26)27-18-4-2-1-3-16(18)13-23-24-19(25)14-9-11-22-12-10-14/h1-13H,(H,24,25). The molecule has 27 heavy (non-hydrogen) atoms. The summed E-state index contributed by atoms with van der Waals surface area (Å²) in [5, 5.41) is 4.45. The van der Waals surface area contributed by atoms with E-state index in [1.54, 1.807) is 60.7 Å². The highest BCUT2D eigenvalue weighted by molar-refractivity contribution is 6.30. The molecule has 0 spiro atoms. The summed E-state index contributed by atoms with van der Waals surface area (Å²) in [7, 11) is 0. The first-order chi connectivity index (χ1) is 13.1.